The summed E-state index contributed by atoms with van der Waals surface area (Å²) in [5, 5.41) is 0. The Hall–Kier alpha value is -3.25. The Balaban J connectivity index is 1.82. The van der Waals surface area contributed by atoms with E-state index in [1.807, 2.05) is 54.6 Å². The van der Waals surface area contributed by atoms with Crippen LogP contribution >= 0.6 is 11.8 Å². The summed E-state index contributed by atoms with van der Waals surface area (Å²) in [6.07, 6.45) is 0. The highest BCUT2D eigenvalue weighted by atomic mass is 32.2. The van der Waals surface area contributed by atoms with Crippen LogP contribution in [0.25, 0.3) is 0 Å². The SMILES string of the molecule is COC(=O)c1ccc2c(c1)N(Cc1ccc(OC)cc1)C(=O)c1ccccc1S2. The molecule has 29 heavy (non-hydrogen) atoms. The van der Waals surface area contributed by atoms with Crippen LogP contribution in [0.2, 0.25) is 0 Å². The summed E-state index contributed by atoms with van der Waals surface area (Å²) >= 11 is 1.52. The normalized spacial score (nSPS) is 12.6. The molecule has 1 aliphatic rings. The number of esters is 1. The summed E-state index contributed by atoms with van der Waals surface area (Å²) in [5.41, 5.74) is 2.69. The Morgan fingerprint density at radius 2 is 1.72 bits per heavy atom. The van der Waals surface area contributed by atoms with Crippen LogP contribution < -0.4 is 9.64 Å². The largest absolute Gasteiger partial charge is 0.497 e. The third kappa shape index (κ3) is 3.71. The molecule has 1 amide bonds. The molecule has 0 spiro atoms. The van der Waals surface area contributed by atoms with Gasteiger partial charge in [0.2, 0.25) is 0 Å². The van der Waals surface area contributed by atoms with Crippen molar-refractivity contribution in [2.24, 2.45) is 0 Å². The van der Waals surface area contributed by atoms with E-state index in [4.69, 9.17) is 9.47 Å². The molecule has 3 aromatic carbocycles. The second-order valence-corrected chi connectivity index (χ2v) is 7.60. The Bertz CT molecular complexity index is 1080. The van der Waals surface area contributed by atoms with E-state index in [9.17, 15) is 9.59 Å². The molecule has 1 aliphatic heterocycles. The number of rotatable bonds is 4. The molecule has 0 saturated heterocycles. The molecule has 1 heterocycles. The molecule has 0 radical (unpaired) electrons. The number of fused-ring (bicyclic) bond motifs is 2. The fourth-order valence-electron chi connectivity index (χ4n) is 3.24. The maximum absolute atomic E-state index is 13.4. The molecule has 146 valence electrons. The number of carbonyl (C=O) groups excluding carboxylic acids is 2. The third-order valence-corrected chi connectivity index (χ3v) is 5.89. The Morgan fingerprint density at radius 3 is 2.45 bits per heavy atom. The number of benzene rings is 3. The first-order valence-electron chi connectivity index (χ1n) is 9.04. The molecular weight excluding hydrogens is 386 g/mol. The van der Waals surface area contributed by atoms with E-state index >= 15 is 0 Å². The average molecular weight is 405 g/mol. The molecule has 3 aromatic rings. The topological polar surface area (TPSA) is 55.8 Å². The minimum atomic E-state index is -0.434. The highest BCUT2D eigenvalue weighted by molar-refractivity contribution is 7.99. The first-order chi connectivity index (χ1) is 14.1. The summed E-state index contributed by atoms with van der Waals surface area (Å²) in [4.78, 5) is 29.0. The van der Waals surface area contributed by atoms with Crippen molar-refractivity contribution in [3.63, 3.8) is 0 Å². The van der Waals surface area contributed by atoms with Crippen LogP contribution in [0.5, 0.6) is 5.75 Å². The van der Waals surface area contributed by atoms with Gasteiger partial charge in [0.25, 0.3) is 5.91 Å². The first-order valence-corrected chi connectivity index (χ1v) is 9.86. The van der Waals surface area contributed by atoms with Gasteiger partial charge in [0, 0.05) is 9.79 Å². The number of anilines is 1. The maximum Gasteiger partial charge on any atom is 0.337 e. The van der Waals surface area contributed by atoms with E-state index in [0.717, 1.165) is 21.1 Å². The van der Waals surface area contributed by atoms with Gasteiger partial charge in [0.05, 0.1) is 37.6 Å². The van der Waals surface area contributed by atoms with E-state index in [-0.39, 0.29) is 5.91 Å². The van der Waals surface area contributed by atoms with Gasteiger partial charge >= 0.3 is 5.97 Å². The van der Waals surface area contributed by atoms with Crippen molar-refractivity contribution in [1.29, 1.82) is 0 Å². The van der Waals surface area contributed by atoms with Gasteiger partial charge in [-0.15, -0.1) is 0 Å². The van der Waals surface area contributed by atoms with Crippen LogP contribution in [0.1, 0.15) is 26.3 Å². The number of methoxy groups -OCH3 is 2. The predicted molar refractivity (Wildman–Crippen MR) is 112 cm³/mol. The van der Waals surface area contributed by atoms with E-state index in [1.165, 1.54) is 18.9 Å². The van der Waals surface area contributed by atoms with Gasteiger partial charge in [-0.3, -0.25) is 4.79 Å². The van der Waals surface area contributed by atoms with Gasteiger partial charge in [-0.2, -0.15) is 0 Å². The quantitative estimate of drug-likeness (QED) is 0.584. The second kappa shape index (κ2) is 8.01. The lowest BCUT2D eigenvalue weighted by Crippen LogP contribution is -2.30. The lowest BCUT2D eigenvalue weighted by molar-refractivity contribution is 0.0600. The van der Waals surface area contributed by atoms with Crippen LogP contribution in [-0.2, 0) is 11.3 Å². The molecule has 0 N–H and O–H groups in total. The number of ether oxygens (including phenoxy) is 2. The number of nitrogens with zero attached hydrogens (tertiary/aromatic N) is 1. The molecule has 0 aliphatic carbocycles. The van der Waals surface area contributed by atoms with Crippen LogP contribution in [0.3, 0.4) is 0 Å². The van der Waals surface area contributed by atoms with Crippen molar-refractivity contribution >= 4 is 29.3 Å². The molecule has 0 unspecified atom stereocenters. The van der Waals surface area contributed by atoms with Crippen molar-refractivity contribution < 1.29 is 19.1 Å². The van der Waals surface area contributed by atoms with Crippen LogP contribution in [-0.4, -0.2) is 26.1 Å². The van der Waals surface area contributed by atoms with Gasteiger partial charge in [0.15, 0.2) is 0 Å². The molecular formula is C23H19NO4S. The lowest BCUT2D eigenvalue weighted by atomic mass is 10.1. The molecule has 0 atom stereocenters. The molecule has 0 aromatic heterocycles. The molecule has 5 nitrogen and oxygen atoms in total. The summed E-state index contributed by atoms with van der Waals surface area (Å²) in [6, 6.07) is 20.5. The molecule has 0 bridgehead atoms. The van der Waals surface area contributed by atoms with Crippen molar-refractivity contribution in [2.75, 3.05) is 19.1 Å². The van der Waals surface area contributed by atoms with Crippen LogP contribution in [0, 0.1) is 0 Å². The van der Waals surface area contributed by atoms with Crippen molar-refractivity contribution in [3.8, 4) is 5.75 Å². The van der Waals surface area contributed by atoms with Crippen molar-refractivity contribution in [2.45, 2.75) is 16.3 Å². The monoisotopic (exact) mass is 405 g/mol. The van der Waals surface area contributed by atoms with Crippen LogP contribution in [0.15, 0.2) is 76.5 Å². The average Bonchev–Trinajstić information content (AvgIpc) is 2.88. The molecule has 0 saturated carbocycles. The summed E-state index contributed by atoms with van der Waals surface area (Å²) < 4.78 is 10.1. The van der Waals surface area contributed by atoms with Gasteiger partial charge in [0.1, 0.15) is 5.75 Å². The standard InChI is InChI=1S/C23H19NO4S/c1-27-17-10-7-15(8-11-17)14-24-19-13-16(23(26)28-2)9-12-21(19)29-20-6-4-3-5-18(20)22(24)25/h3-13H,14H2,1-2H3. The fourth-order valence-corrected chi connectivity index (χ4v) is 4.29. The van der Waals surface area contributed by atoms with E-state index < -0.39 is 5.97 Å². The van der Waals surface area contributed by atoms with Crippen molar-refractivity contribution in [3.05, 3.63) is 83.4 Å². The first kappa shape index (κ1) is 19.1. The highest BCUT2D eigenvalue weighted by Gasteiger charge is 2.28. The van der Waals surface area contributed by atoms with Gasteiger partial charge in [-0.25, -0.2) is 4.79 Å². The van der Waals surface area contributed by atoms with Gasteiger partial charge < -0.3 is 14.4 Å². The number of hydrogen-bond acceptors (Lipinski definition) is 5. The maximum atomic E-state index is 13.4. The van der Waals surface area contributed by atoms with Gasteiger partial charge in [-0.05, 0) is 48.0 Å². The fraction of sp³-hybridized carbons (Fsp3) is 0.130. The molecule has 4 rings (SSSR count). The number of hydrogen-bond donors (Lipinski definition) is 0. The minimum absolute atomic E-state index is 0.107. The van der Waals surface area contributed by atoms with Gasteiger partial charge in [-0.1, -0.05) is 36.0 Å². The number of amides is 1. The van der Waals surface area contributed by atoms with E-state index in [0.29, 0.717) is 23.4 Å². The smallest absolute Gasteiger partial charge is 0.337 e. The molecule has 6 heteroatoms. The Kier molecular flexibility index (Phi) is 5.27. The lowest BCUT2D eigenvalue weighted by Gasteiger charge is -2.23. The van der Waals surface area contributed by atoms with E-state index in [2.05, 4.69) is 0 Å². The summed E-state index contributed by atoms with van der Waals surface area (Å²) in [5.74, 6) is 0.214. The summed E-state index contributed by atoms with van der Waals surface area (Å²) in [6.45, 7) is 0.370. The minimum Gasteiger partial charge on any atom is -0.497 e. The van der Waals surface area contributed by atoms with E-state index in [1.54, 1.807) is 24.1 Å². The Labute approximate surface area is 173 Å². The Morgan fingerprint density at radius 1 is 0.966 bits per heavy atom. The zero-order chi connectivity index (χ0) is 20.4. The van der Waals surface area contributed by atoms with Crippen molar-refractivity contribution in [1.82, 2.24) is 0 Å². The zero-order valence-electron chi connectivity index (χ0n) is 16.0. The third-order valence-electron chi connectivity index (χ3n) is 4.75. The van der Waals surface area contributed by atoms with Crippen LogP contribution in [0.4, 0.5) is 5.69 Å². The molecule has 0 fully saturated rings. The highest BCUT2D eigenvalue weighted by Crippen LogP contribution is 2.42. The second-order valence-electron chi connectivity index (χ2n) is 6.51. The number of carbonyl (C=O) groups is 2. The zero-order valence-corrected chi connectivity index (χ0v) is 16.9. The predicted octanol–water partition coefficient (Wildman–Crippen LogP) is 4.79. The summed E-state index contributed by atoms with van der Waals surface area (Å²) in [7, 11) is 2.96.